The van der Waals surface area contributed by atoms with Crippen molar-refractivity contribution in [1.29, 1.82) is 0 Å². The summed E-state index contributed by atoms with van der Waals surface area (Å²) in [5, 5.41) is 2.87. The lowest BCUT2D eigenvalue weighted by Crippen LogP contribution is -2.17. The Balaban J connectivity index is 1.63. The van der Waals surface area contributed by atoms with E-state index in [2.05, 4.69) is 19.9 Å². The van der Waals surface area contributed by atoms with Crippen LogP contribution in [0, 0.1) is 6.92 Å². The molecule has 1 N–H and O–H groups in total. The van der Waals surface area contributed by atoms with E-state index in [1.807, 2.05) is 19.1 Å². The Bertz CT molecular complexity index is 633. The third-order valence-corrected chi connectivity index (χ3v) is 3.93. The van der Waals surface area contributed by atoms with E-state index in [9.17, 15) is 4.79 Å². The standard InChI is InChI=1S/C16H20N4O/c1-12-18-14-6-2-3-7-15(14)20(12)10-8-16(21)19-13-5-4-9-17-11-13/h4-5,9,11H,2-3,6-8,10H2,1H3,(H,19,21). The highest BCUT2D eigenvalue weighted by Crippen LogP contribution is 2.22. The zero-order valence-corrected chi connectivity index (χ0v) is 12.3. The first-order valence-electron chi connectivity index (χ1n) is 7.49. The molecule has 0 fully saturated rings. The number of nitrogens with zero attached hydrogens (tertiary/aromatic N) is 3. The van der Waals surface area contributed by atoms with Crippen LogP contribution in [0.25, 0.3) is 0 Å². The van der Waals surface area contributed by atoms with E-state index in [0.29, 0.717) is 13.0 Å². The molecule has 0 atom stereocenters. The summed E-state index contributed by atoms with van der Waals surface area (Å²) in [6.45, 7) is 2.72. The molecule has 0 aliphatic heterocycles. The summed E-state index contributed by atoms with van der Waals surface area (Å²) in [5.41, 5.74) is 3.30. The predicted octanol–water partition coefficient (Wildman–Crippen LogP) is 2.49. The van der Waals surface area contributed by atoms with Gasteiger partial charge in [-0.25, -0.2) is 4.98 Å². The molecule has 5 nitrogen and oxygen atoms in total. The molecule has 0 radical (unpaired) electrons. The monoisotopic (exact) mass is 284 g/mol. The van der Waals surface area contributed by atoms with Gasteiger partial charge in [-0.15, -0.1) is 0 Å². The molecular formula is C16H20N4O. The fourth-order valence-electron chi connectivity index (χ4n) is 2.91. The van der Waals surface area contributed by atoms with Gasteiger partial charge >= 0.3 is 0 Å². The Kier molecular flexibility index (Phi) is 3.99. The molecule has 0 saturated carbocycles. The lowest BCUT2D eigenvalue weighted by Gasteiger charge is -2.14. The molecule has 5 heteroatoms. The Morgan fingerprint density at radius 1 is 1.38 bits per heavy atom. The smallest absolute Gasteiger partial charge is 0.226 e. The molecule has 0 unspecified atom stereocenters. The summed E-state index contributed by atoms with van der Waals surface area (Å²) in [6.07, 6.45) is 8.41. The van der Waals surface area contributed by atoms with Crippen molar-refractivity contribution in [3.8, 4) is 0 Å². The van der Waals surface area contributed by atoms with Gasteiger partial charge in [-0.3, -0.25) is 9.78 Å². The molecule has 1 aliphatic rings. The molecule has 2 aromatic heterocycles. The number of aryl methyl sites for hydroxylation is 2. The van der Waals surface area contributed by atoms with Crippen molar-refractivity contribution in [3.05, 3.63) is 41.7 Å². The molecule has 3 rings (SSSR count). The summed E-state index contributed by atoms with van der Waals surface area (Å²) in [7, 11) is 0. The number of pyridine rings is 1. The summed E-state index contributed by atoms with van der Waals surface area (Å²) in [4.78, 5) is 20.6. The van der Waals surface area contributed by atoms with Crippen LogP contribution in [-0.2, 0) is 24.2 Å². The fraction of sp³-hybridized carbons (Fsp3) is 0.438. The van der Waals surface area contributed by atoms with E-state index < -0.39 is 0 Å². The molecule has 0 bridgehead atoms. The van der Waals surface area contributed by atoms with Crippen molar-refractivity contribution in [1.82, 2.24) is 14.5 Å². The highest BCUT2D eigenvalue weighted by Gasteiger charge is 2.18. The van der Waals surface area contributed by atoms with Gasteiger partial charge in [-0.1, -0.05) is 0 Å². The van der Waals surface area contributed by atoms with Crippen LogP contribution in [0.15, 0.2) is 24.5 Å². The molecule has 1 amide bonds. The molecule has 0 spiro atoms. The van der Waals surface area contributed by atoms with E-state index >= 15 is 0 Å². The largest absolute Gasteiger partial charge is 0.331 e. The molecule has 0 saturated heterocycles. The average molecular weight is 284 g/mol. The number of nitrogens with one attached hydrogen (secondary N) is 1. The number of carbonyl (C=O) groups excluding carboxylic acids is 1. The van der Waals surface area contributed by atoms with Crippen LogP contribution in [0.3, 0.4) is 0 Å². The Labute approximate surface area is 124 Å². The number of hydrogen-bond donors (Lipinski definition) is 1. The van der Waals surface area contributed by atoms with Gasteiger partial charge in [-0.2, -0.15) is 0 Å². The van der Waals surface area contributed by atoms with Crippen LogP contribution in [0.2, 0.25) is 0 Å². The first-order chi connectivity index (χ1) is 10.2. The van der Waals surface area contributed by atoms with Crippen LogP contribution in [0.5, 0.6) is 0 Å². The van der Waals surface area contributed by atoms with Gasteiger partial charge in [0, 0.05) is 24.9 Å². The van der Waals surface area contributed by atoms with E-state index in [0.717, 1.165) is 24.4 Å². The Morgan fingerprint density at radius 2 is 2.24 bits per heavy atom. The van der Waals surface area contributed by atoms with Crippen molar-refractivity contribution >= 4 is 11.6 Å². The van der Waals surface area contributed by atoms with Gasteiger partial charge in [0.15, 0.2) is 0 Å². The van der Waals surface area contributed by atoms with E-state index in [1.54, 1.807) is 12.4 Å². The maximum absolute atomic E-state index is 12.0. The number of imidazole rings is 1. The Hall–Kier alpha value is -2.17. The van der Waals surface area contributed by atoms with Gasteiger partial charge in [0.1, 0.15) is 5.82 Å². The third kappa shape index (κ3) is 3.12. The van der Waals surface area contributed by atoms with Gasteiger partial charge in [-0.05, 0) is 44.7 Å². The number of aromatic nitrogens is 3. The molecule has 21 heavy (non-hydrogen) atoms. The van der Waals surface area contributed by atoms with Crippen LogP contribution >= 0.6 is 0 Å². The second-order valence-corrected chi connectivity index (χ2v) is 5.45. The van der Waals surface area contributed by atoms with Gasteiger partial charge in [0.05, 0.1) is 17.6 Å². The number of fused-ring (bicyclic) bond motifs is 1. The zero-order valence-electron chi connectivity index (χ0n) is 12.3. The maximum Gasteiger partial charge on any atom is 0.226 e. The van der Waals surface area contributed by atoms with Crippen molar-refractivity contribution in [3.63, 3.8) is 0 Å². The minimum Gasteiger partial charge on any atom is -0.331 e. The lowest BCUT2D eigenvalue weighted by molar-refractivity contribution is -0.116. The second-order valence-electron chi connectivity index (χ2n) is 5.45. The van der Waals surface area contributed by atoms with Crippen LogP contribution in [0.4, 0.5) is 5.69 Å². The highest BCUT2D eigenvalue weighted by atomic mass is 16.1. The number of anilines is 1. The van der Waals surface area contributed by atoms with E-state index in [-0.39, 0.29) is 5.91 Å². The topological polar surface area (TPSA) is 59.8 Å². The highest BCUT2D eigenvalue weighted by molar-refractivity contribution is 5.90. The number of carbonyl (C=O) groups is 1. The number of amides is 1. The van der Waals surface area contributed by atoms with Crippen molar-refractivity contribution in [2.75, 3.05) is 5.32 Å². The summed E-state index contributed by atoms with van der Waals surface area (Å²) >= 11 is 0. The average Bonchev–Trinajstić information content (AvgIpc) is 2.81. The summed E-state index contributed by atoms with van der Waals surface area (Å²) in [5.74, 6) is 1.04. The van der Waals surface area contributed by atoms with Crippen LogP contribution in [-0.4, -0.2) is 20.4 Å². The van der Waals surface area contributed by atoms with Crippen molar-refractivity contribution in [2.45, 2.75) is 45.6 Å². The maximum atomic E-state index is 12.0. The number of rotatable bonds is 4. The molecule has 2 aromatic rings. The molecule has 110 valence electrons. The van der Waals surface area contributed by atoms with E-state index in [4.69, 9.17) is 0 Å². The molecule has 0 aromatic carbocycles. The molecule has 2 heterocycles. The quantitative estimate of drug-likeness (QED) is 0.938. The van der Waals surface area contributed by atoms with Crippen LogP contribution in [0.1, 0.15) is 36.5 Å². The first-order valence-corrected chi connectivity index (χ1v) is 7.49. The summed E-state index contributed by atoms with van der Waals surface area (Å²) in [6, 6.07) is 3.65. The third-order valence-electron chi connectivity index (χ3n) is 3.93. The Morgan fingerprint density at radius 3 is 3.05 bits per heavy atom. The SMILES string of the molecule is Cc1nc2c(n1CCC(=O)Nc1cccnc1)CCCC2. The van der Waals surface area contributed by atoms with Crippen LogP contribution < -0.4 is 5.32 Å². The minimum atomic E-state index is 0.0145. The van der Waals surface area contributed by atoms with Crippen molar-refractivity contribution in [2.24, 2.45) is 0 Å². The van der Waals surface area contributed by atoms with Gasteiger partial charge in [0.25, 0.3) is 0 Å². The fourth-order valence-corrected chi connectivity index (χ4v) is 2.91. The zero-order chi connectivity index (χ0) is 14.7. The lowest BCUT2D eigenvalue weighted by atomic mass is 10.0. The molecule has 1 aliphatic carbocycles. The minimum absolute atomic E-state index is 0.0145. The second kappa shape index (κ2) is 6.08. The van der Waals surface area contributed by atoms with Gasteiger partial charge < -0.3 is 9.88 Å². The first kappa shape index (κ1) is 13.8. The van der Waals surface area contributed by atoms with Gasteiger partial charge in [0.2, 0.25) is 5.91 Å². The molecular weight excluding hydrogens is 264 g/mol. The summed E-state index contributed by atoms with van der Waals surface area (Å²) < 4.78 is 2.21. The normalized spacial score (nSPS) is 13.8. The van der Waals surface area contributed by atoms with E-state index in [1.165, 1.54) is 24.2 Å². The predicted molar refractivity (Wildman–Crippen MR) is 81.1 cm³/mol. The number of hydrogen-bond acceptors (Lipinski definition) is 3. The van der Waals surface area contributed by atoms with Crippen molar-refractivity contribution < 1.29 is 4.79 Å².